The van der Waals surface area contributed by atoms with Gasteiger partial charge in [-0.25, -0.2) is 0 Å². The van der Waals surface area contributed by atoms with E-state index in [-0.39, 0.29) is 0 Å². The van der Waals surface area contributed by atoms with Crippen LogP contribution in [0.4, 0.5) is 0 Å². The molecule has 2 nitrogen and oxygen atoms in total. The molecule has 0 aliphatic rings. The summed E-state index contributed by atoms with van der Waals surface area (Å²) in [4.78, 5) is 3.43. The highest BCUT2D eigenvalue weighted by atomic mass is 16.5. The molecule has 0 spiro atoms. The predicted molar refractivity (Wildman–Crippen MR) is 71.7 cm³/mol. The van der Waals surface area contributed by atoms with E-state index >= 15 is 0 Å². The summed E-state index contributed by atoms with van der Waals surface area (Å²) in [7, 11) is 1.74. The number of hydrogen-bond acceptors (Lipinski definition) is 1. The van der Waals surface area contributed by atoms with E-state index in [0.717, 1.165) is 17.7 Å². The number of aromatic nitrogens is 1. The van der Waals surface area contributed by atoms with Gasteiger partial charge in [-0.3, -0.25) is 0 Å². The fraction of sp³-hybridized carbons (Fsp3) is 0.200. The van der Waals surface area contributed by atoms with Gasteiger partial charge in [0, 0.05) is 22.0 Å². The molecule has 3 aromatic rings. The van der Waals surface area contributed by atoms with E-state index in [0.29, 0.717) is 0 Å². The lowest BCUT2D eigenvalue weighted by atomic mass is 10.1. The van der Waals surface area contributed by atoms with Gasteiger partial charge >= 0.3 is 0 Å². The first-order valence-electron chi connectivity index (χ1n) is 5.91. The van der Waals surface area contributed by atoms with Crippen molar-refractivity contribution in [3.63, 3.8) is 0 Å². The topological polar surface area (TPSA) is 25.0 Å². The Kier molecular flexibility index (Phi) is 2.29. The maximum absolute atomic E-state index is 5.58. The zero-order valence-corrected chi connectivity index (χ0v) is 10.1. The van der Waals surface area contributed by atoms with Gasteiger partial charge in [0.05, 0.1) is 7.11 Å². The number of rotatable bonds is 2. The smallest absolute Gasteiger partial charge is 0.136 e. The molecule has 0 amide bonds. The Hall–Kier alpha value is -1.96. The van der Waals surface area contributed by atoms with E-state index in [4.69, 9.17) is 4.74 Å². The highest BCUT2D eigenvalue weighted by Crippen LogP contribution is 2.34. The van der Waals surface area contributed by atoms with Gasteiger partial charge in [-0.1, -0.05) is 31.2 Å². The number of methoxy groups -OCH3 is 1. The van der Waals surface area contributed by atoms with Crippen molar-refractivity contribution in [1.29, 1.82) is 0 Å². The summed E-state index contributed by atoms with van der Waals surface area (Å²) < 4.78 is 5.58. The third kappa shape index (κ3) is 1.48. The molecule has 2 aromatic carbocycles. The Morgan fingerprint density at radius 3 is 2.71 bits per heavy atom. The fourth-order valence-corrected chi connectivity index (χ4v) is 2.37. The van der Waals surface area contributed by atoms with Crippen molar-refractivity contribution in [1.82, 2.24) is 4.98 Å². The molecular weight excluding hydrogens is 210 g/mol. The van der Waals surface area contributed by atoms with Crippen LogP contribution in [-0.4, -0.2) is 12.1 Å². The van der Waals surface area contributed by atoms with Crippen molar-refractivity contribution < 1.29 is 4.74 Å². The van der Waals surface area contributed by atoms with Crippen LogP contribution in [0.25, 0.3) is 21.7 Å². The van der Waals surface area contributed by atoms with Crippen molar-refractivity contribution in [3.8, 4) is 5.75 Å². The van der Waals surface area contributed by atoms with E-state index in [1.165, 1.54) is 21.9 Å². The largest absolute Gasteiger partial charge is 0.495 e. The number of benzene rings is 2. The first-order valence-corrected chi connectivity index (χ1v) is 5.91. The van der Waals surface area contributed by atoms with Gasteiger partial charge in [0.1, 0.15) is 5.75 Å². The third-order valence-electron chi connectivity index (χ3n) is 3.24. The Morgan fingerprint density at radius 1 is 1.12 bits per heavy atom. The van der Waals surface area contributed by atoms with Gasteiger partial charge in [-0.05, 0) is 23.9 Å². The summed E-state index contributed by atoms with van der Waals surface area (Å²) in [5.74, 6) is 0.967. The average Bonchev–Trinajstić information content (AvgIpc) is 2.78. The molecule has 0 atom stereocenters. The molecule has 1 N–H and O–H groups in total. The number of nitrogens with one attached hydrogen (secondary N) is 1. The Bertz CT molecular complexity index is 682. The lowest BCUT2D eigenvalue weighted by molar-refractivity contribution is 0.424. The van der Waals surface area contributed by atoms with E-state index in [2.05, 4.69) is 42.2 Å². The van der Waals surface area contributed by atoms with Crippen LogP contribution >= 0.6 is 0 Å². The minimum atomic E-state index is 0.967. The summed E-state index contributed by atoms with van der Waals surface area (Å²) in [5.41, 5.74) is 2.39. The number of aromatic amines is 1. The molecule has 3 rings (SSSR count). The third-order valence-corrected chi connectivity index (χ3v) is 3.24. The van der Waals surface area contributed by atoms with Gasteiger partial charge in [0.2, 0.25) is 0 Å². The monoisotopic (exact) mass is 225 g/mol. The molecule has 86 valence electrons. The maximum atomic E-state index is 5.58. The van der Waals surface area contributed by atoms with E-state index in [1.807, 2.05) is 6.07 Å². The first-order chi connectivity index (χ1) is 8.33. The van der Waals surface area contributed by atoms with Gasteiger partial charge in [-0.2, -0.15) is 0 Å². The second-order valence-corrected chi connectivity index (χ2v) is 4.24. The molecule has 0 aliphatic heterocycles. The summed E-state index contributed by atoms with van der Waals surface area (Å²) in [5, 5.41) is 3.55. The molecule has 0 radical (unpaired) electrons. The first kappa shape index (κ1) is 10.2. The molecular formula is C15H15NO. The number of fused-ring (bicyclic) bond motifs is 2. The van der Waals surface area contributed by atoms with E-state index < -0.39 is 0 Å². The molecule has 0 saturated heterocycles. The van der Waals surface area contributed by atoms with Crippen LogP contribution in [-0.2, 0) is 6.42 Å². The number of hydrogen-bond donors (Lipinski definition) is 1. The molecule has 1 heterocycles. The van der Waals surface area contributed by atoms with Crippen molar-refractivity contribution in [3.05, 3.63) is 42.1 Å². The highest BCUT2D eigenvalue weighted by molar-refractivity contribution is 6.04. The maximum Gasteiger partial charge on any atom is 0.136 e. The second kappa shape index (κ2) is 3.81. The van der Waals surface area contributed by atoms with E-state index in [1.54, 1.807) is 7.11 Å². The molecule has 0 aliphatic carbocycles. The molecule has 0 bridgehead atoms. The quantitative estimate of drug-likeness (QED) is 0.703. The van der Waals surface area contributed by atoms with Crippen LogP contribution in [0.15, 0.2) is 36.4 Å². The van der Waals surface area contributed by atoms with Crippen LogP contribution in [0.1, 0.15) is 12.6 Å². The molecule has 1 aromatic heterocycles. The zero-order valence-electron chi connectivity index (χ0n) is 10.1. The molecule has 2 heteroatoms. The summed E-state index contributed by atoms with van der Waals surface area (Å²) in [6.45, 7) is 2.15. The molecule has 17 heavy (non-hydrogen) atoms. The van der Waals surface area contributed by atoms with E-state index in [9.17, 15) is 0 Å². The lowest BCUT2D eigenvalue weighted by Crippen LogP contribution is -1.85. The van der Waals surface area contributed by atoms with Crippen molar-refractivity contribution in [2.75, 3.05) is 7.11 Å². The summed E-state index contributed by atoms with van der Waals surface area (Å²) in [6, 6.07) is 12.7. The second-order valence-electron chi connectivity index (χ2n) is 4.24. The number of ether oxygens (including phenoxy) is 1. The Morgan fingerprint density at radius 2 is 1.94 bits per heavy atom. The van der Waals surface area contributed by atoms with Crippen molar-refractivity contribution in [2.24, 2.45) is 0 Å². The predicted octanol–water partition coefficient (Wildman–Crippen LogP) is 3.89. The summed E-state index contributed by atoms with van der Waals surface area (Å²) >= 11 is 0. The van der Waals surface area contributed by atoms with Crippen LogP contribution in [0.5, 0.6) is 5.75 Å². The van der Waals surface area contributed by atoms with Crippen molar-refractivity contribution in [2.45, 2.75) is 13.3 Å². The highest BCUT2D eigenvalue weighted by Gasteiger charge is 2.09. The lowest BCUT2D eigenvalue weighted by Gasteiger charge is -2.06. The zero-order chi connectivity index (χ0) is 11.8. The van der Waals surface area contributed by atoms with Gasteiger partial charge in [-0.15, -0.1) is 0 Å². The van der Waals surface area contributed by atoms with Gasteiger partial charge in [0.25, 0.3) is 0 Å². The standard InChI is InChI=1S/C15H15NO/c1-3-11-9-13-14(16-11)8-10-6-4-5-7-12(10)15(13)17-2/h4-9,16H,3H2,1-2H3. The van der Waals surface area contributed by atoms with Crippen LogP contribution in [0.3, 0.4) is 0 Å². The fourth-order valence-electron chi connectivity index (χ4n) is 2.37. The van der Waals surface area contributed by atoms with Crippen LogP contribution < -0.4 is 4.74 Å². The van der Waals surface area contributed by atoms with Gasteiger partial charge in [0.15, 0.2) is 0 Å². The Balaban J connectivity index is 2.47. The number of aryl methyl sites for hydroxylation is 1. The SMILES string of the molecule is CCc1cc2c(OC)c3ccccc3cc2[nH]1. The Labute approximate surface area is 100 Å². The molecule has 0 unspecified atom stereocenters. The van der Waals surface area contributed by atoms with Crippen LogP contribution in [0, 0.1) is 0 Å². The van der Waals surface area contributed by atoms with Crippen molar-refractivity contribution >= 4 is 21.7 Å². The molecule has 0 fully saturated rings. The average molecular weight is 225 g/mol. The van der Waals surface area contributed by atoms with Gasteiger partial charge < -0.3 is 9.72 Å². The minimum absolute atomic E-state index is 0.967. The minimum Gasteiger partial charge on any atom is -0.495 e. The van der Waals surface area contributed by atoms with Crippen LogP contribution in [0.2, 0.25) is 0 Å². The molecule has 0 saturated carbocycles. The normalized spacial score (nSPS) is 11.2. The summed E-state index contributed by atoms with van der Waals surface area (Å²) in [6.07, 6.45) is 1.01. The number of H-pyrrole nitrogens is 1.